The molecule has 0 saturated carbocycles. The molecule has 4 rings (SSSR count). The van der Waals surface area contributed by atoms with Crippen LogP contribution in [-0.2, 0) is 47.7 Å². The summed E-state index contributed by atoms with van der Waals surface area (Å²) in [7, 11) is 0. The van der Waals surface area contributed by atoms with Crippen molar-refractivity contribution >= 4 is 5.97 Å². The van der Waals surface area contributed by atoms with Crippen LogP contribution >= 0.6 is 0 Å². The second-order valence-electron chi connectivity index (χ2n) is 10.5. The molecule has 1 aromatic heterocycles. The molecule has 38 heavy (non-hydrogen) atoms. The summed E-state index contributed by atoms with van der Waals surface area (Å²) in [6, 6.07) is 23.9. The number of carboxylic acid groups (broad SMARTS) is 1. The number of carboxylic acids is 1. The van der Waals surface area contributed by atoms with Gasteiger partial charge >= 0.3 is 11.7 Å². The van der Waals surface area contributed by atoms with Crippen molar-refractivity contribution in [3.63, 3.8) is 0 Å². The summed E-state index contributed by atoms with van der Waals surface area (Å²) in [4.78, 5) is 23.9. The number of hydrogen-bond donors (Lipinski definition) is 1. The molecule has 4 aromatic rings. The highest BCUT2D eigenvalue weighted by atomic mass is 16.5. The van der Waals surface area contributed by atoms with Gasteiger partial charge in [0.25, 0.3) is 0 Å². The van der Waals surface area contributed by atoms with E-state index in [1.165, 1.54) is 10.2 Å². The Morgan fingerprint density at radius 2 is 1.58 bits per heavy atom. The fourth-order valence-corrected chi connectivity index (χ4v) is 4.39. The molecule has 0 unspecified atom stereocenters. The molecular formula is C31H35N3O4. The molecule has 0 saturated heterocycles. The number of aromatic nitrogens is 3. The monoisotopic (exact) mass is 513 g/mol. The van der Waals surface area contributed by atoms with Crippen LogP contribution in [0, 0.1) is 0 Å². The Hall–Kier alpha value is -3.97. The van der Waals surface area contributed by atoms with E-state index < -0.39 is 5.97 Å². The molecule has 0 spiro atoms. The van der Waals surface area contributed by atoms with Crippen LogP contribution in [0.25, 0.3) is 11.1 Å². The molecule has 1 N–H and O–H groups in total. The van der Waals surface area contributed by atoms with Gasteiger partial charge in [-0.3, -0.25) is 9.36 Å². The maximum Gasteiger partial charge on any atom is 0.346 e. The number of ether oxygens (including phenoxy) is 1. The summed E-state index contributed by atoms with van der Waals surface area (Å²) in [5.41, 5.74) is 5.97. The Morgan fingerprint density at radius 1 is 0.895 bits per heavy atom. The smallest absolute Gasteiger partial charge is 0.346 e. The minimum Gasteiger partial charge on any atom is -0.481 e. The van der Waals surface area contributed by atoms with Gasteiger partial charge in [0.15, 0.2) is 5.82 Å². The molecule has 0 aliphatic rings. The highest BCUT2D eigenvalue weighted by Crippen LogP contribution is 2.23. The first-order chi connectivity index (χ1) is 18.1. The van der Waals surface area contributed by atoms with Crippen molar-refractivity contribution in [2.75, 3.05) is 0 Å². The van der Waals surface area contributed by atoms with E-state index in [1.54, 1.807) is 4.57 Å². The SMILES string of the molecule is CCn1c(COCc2ccc(-c3cccc(CC(=O)O)c3)cc2)nn(Cc2ccc(C(C)(C)C)cc2)c1=O. The highest BCUT2D eigenvalue weighted by molar-refractivity contribution is 5.72. The van der Waals surface area contributed by atoms with Gasteiger partial charge in [0.05, 0.1) is 19.6 Å². The second-order valence-corrected chi connectivity index (χ2v) is 10.5. The van der Waals surface area contributed by atoms with Crippen LogP contribution in [0.5, 0.6) is 0 Å². The zero-order valence-electron chi connectivity index (χ0n) is 22.5. The first-order valence-corrected chi connectivity index (χ1v) is 12.9. The maximum atomic E-state index is 12.9. The van der Waals surface area contributed by atoms with Gasteiger partial charge in [-0.05, 0) is 45.7 Å². The van der Waals surface area contributed by atoms with Crippen LogP contribution in [0.1, 0.15) is 55.8 Å². The van der Waals surface area contributed by atoms with Gasteiger partial charge < -0.3 is 9.84 Å². The van der Waals surface area contributed by atoms with Crippen molar-refractivity contribution < 1.29 is 14.6 Å². The van der Waals surface area contributed by atoms with E-state index in [4.69, 9.17) is 9.84 Å². The van der Waals surface area contributed by atoms with Crippen LogP contribution in [0.2, 0.25) is 0 Å². The molecule has 0 amide bonds. The van der Waals surface area contributed by atoms with Crippen molar-refractivity contribution in [1.29, 1.82) is 0 Å². The first-order valence-electron chi connectivity index (χ1n) is 12.9. The zero-order chi connectivity index (χ0) is 27.3. The lowest BCUT2D eigenvalue weighted by atomic mass is 9.87. The number of hydrogen-bond acceptors (Lipinski definition) is 4. The Morgan fingerprint density at radius 3 is 2.21 bits per heavy atom. The lowest BCUT2D eigenvalue weighted by molar-refractivity contribution is -0.136. The van der Waals surface area contributed by atoms with Gasteiger partial charge in [-0.25, -0.2) is 9.48 Å². The number of nitrogens with zero attached hydrogens (tertiary/aromatic N) is 3. The molecule has 0 fully saturated rings. The van der Waals surface area contributed by atoms with Crippen molar-refractivity contribution in [3.8, 4) is 11.1 Å². The van der Waals surface area contributed by atoms with E-state index in [9.17, 15) is 9.59 Å². The normalized spacial score (nSPS) is 11.6. The summed E-state index contributed by atoms with van der Waals surface area (Å²) in [6.07, 6.45) is 0.00183. The molecule has 0 bridgehead atoms. The Bertz CT molecular complexity index is 1440. The molecule has 3 aromatic carbocycles. The molecule has 0 aliphatic carbocycles. The maximum absolute atomic E-state index is 12.9. The summed E-state index contributed by atoms with van der Waals surface area (Å²) in [5.74, 6) is -0.238. The largest absolute Gasteiger partial charge is 0.481 e. The van der Waals surface area contributed by atoms with Crippen molar-refractivity contribution in [3.05, 3.63) is 111 Å². The van der Waals surface area contributed by atoms with Gasteiger partial charge in [-0.15, -0.1) is 0 Å². The van der Waals surface area contributed by atoms with Gasteiger partial charge in [0.2, 0.25) is 0 Å². The van der Waals surface area contributed by atoms with E-state index in [-0.39, 0.29) is 24.1 Å². The topological polar surface area (TPSA) is 86.3 Å². The third kappa shape index (κ3) is 6.66. The Kier molecular flexibility index (Phi) is 8.27. The molecular weight excluding hydrogens is 478 g/mol. The van der Waals surface area contributed by atoms with E-state index in [0.717, 1.165) is 27.8 Å². The van der Waals surface area contributed by atoms with Gasteiger partial charge in [-0.2, -0.15) is 5.10 Å². The standard InChI is InChI=1S/C31H35N3O4/c1-5-33-28(32-34(30(33)37)19-22-11-15-27(16-12-22)31(2,3)4)21-38-20-23-9-13-25(14-10-23)26-8-6-7-24(17-26)18-29(35)36/h6-17H,5,18-21H2,1-4H3,(H,35,36). The van der Waals surface area contributed by atoms with Crippen molar-refractivity contribution in [1.82, 2.24) is 14.3 Å². The molecule has 0 aliphatic heterocycles. The average molecular weight is 514 g/mol. The molecule has 1 heterocycles. The molecule has 198 valence electrons. The quantitative estimate of drug-likeness (QED) is 0.306. The molecule has 0 atom stereocenters. The zero-order valence-corrected chi connectivity index (χ0v) is 22.5. The van der Waals surface area contributed by atoms with Crippen LogP contribution < -0.4 is 5.69 Å². The van der Waals surface area contributed by atoms with E-state index in [2.05, 4.69) is 50.1 Å². The van der Waals surface area contributed by atoms with Gasteiger partial charge in [0.1, 0.15) is 6.61 Å². The number of carbonyl (C=O) groups is 1. The minimum absolute atomic E-state index is 0.00183. The lowest BCUT2D eigenvalue weighted by Crippen LogP contribution is -2.25. The summed E-state index contributed by atoms with van der Waals surface area (Å²) < 4.78 is 9.08. The van der Waals surface area contributed by atoms with Crippen LogP contribution in [0.15, 0.2) is 77.6 Å². The third-order valence-corrected chi connectivity index (χ3v) is 6.54. The molecule has 0 radical (unpaired) electrons. The van der Waals surface area contributed by atoms with Crippen LogP contribution in [0.4, 0.5) is 0 Å². The molecule has 7 heteroatoms. The number of aliphatic carboxylic acids is 1. The third-order valence-electron chi connectivity index (χ3n) is 6.54. The van der Waals surface area contributed by atoms with Gasteiger partial charge in [-0.1, -0.05) is 93.6 Å². The number of benzene rings is 3. The van der Waals surface area contributed by atoms with Gasteiger partial charge in [0, 0.05) is 6.54 Å². The minimum atomic E-state index is -0.845. The summed E-state index contributed by atoms with van der Waals surface area (Å²) >= 11 is 0. The van der Waals surface area contributed by atoms with Crippen LogP contribution in [0.3, 0.4) is 0 Å². The van der Waals surface area contributed by atoms with Crippen molar-refractivity contribution in [2.24, 2.45) is 0 Å². The first kappa shape index (κ1) is 27.1. The molecule has 7 nitrogen and oxygen atoms in total. The summed E-state index contributed by atoms with van der Waals surface area (Å²) in [5, 5.41) is 13.6. The fourth-order valence-electron chi connectivity index (χ4n) is 4.39. The second kappa shape index (κ2) is 11.6. The lowest BCUT2D eigenvalue weighted by Gasteiger charge is -2.19. The predicted octanol–water partition coefficient (Wildman–Crippen LogP) is 5.42. The number of rotatable bonds is 10. The average Bonchev–Trinajstić information content (AvgIpc) is 3.17. The predicted molar refractivity (Wildman–Crippen MR) is 148 cm³/mol. The highest BCUT2D eigenvalue weighted by Gasteiger charge is 2.15. The van der Waals surface area contributed by atoms with E-state index >= 15 is 0 Å². The van der Waals surface area contributed by atoms with E-state index in [1.807, 2.05) is 55.5 Å². The fraction of sp³-hybridized carbons (Fsp3) is 0.323. The van der Waals surface area contributed by atoms with E-state index in [0.29, 0.717) is 25.5 Å². The Balaban J connectivity index is 1.38. The van der Waals surface area contributed by atoms with Crippen molar-refractivity contribution in [2.45, 2.75) is 65.8 Å². The Labute approximate surface area is 223 Å². The van der Waals surface area contributed by atoms with Crippen LogP contribution in [-0.4, -0.2) is 25.4 Å². The summed E-state index contributed by atoms with van der Waals surface area (Å²) in [6.45, 7) is 10.0.